The zero-order valence-electron chi connectivity index (χ0n) is 10.6. The largest absolute Gasteiger partial charge is 0.465 e. The lowest BCUT2D eigenvalue weighted by atomic mass is 10.0. The van der Waals surface area contributed by atoms with Crippen LogP contribution in [0.1, 0.15) is 35.7 Å². The van der Waals surface area contributed by atoms with E-state index in [9.17, 15) is 9.59 Å². The fraction of sp³-hybridized carbons (Fsp3) is 0.267. The molecule has 1 rings (SSSR count). The summed E-state index contributed by atoms with van der Waals surface area (Å²) in [5.74, 6) is 4.76. The maximum Gasteiger partial charge on any atom is 0.317 e. The Labute approximate surface area is 112 Å². The predicted octanol–water partition coefficient (Wildman–Crippen LogP) is 2.09. The molecule has 0 atom stereocenters. The number of ketones is 1. The highest BCUT2D eigenvalue weighted by molar-refractivity contribution is 5.99. The molecule has 1 aromatic rings. The normalized spacial score (nSPS) is 8.84. The lowest BCUT2D eigenvalue weighted by Crippen LogP contribution is -2.02. The molecule has 0 N–H and O–H groups in total. The number of nitriles is 1. The number of hydrogen-bond acceptors (Lipinski definition) is 4. The van der Waals surface area contributed by atoms with E-state index in [1.807, 2.05) is 6.07 Å². The van der Waals surface area contributed by atoms with E-state index in [0.29, 0.717) is 17.7 Å². The van der Waals surface area contributed by atoms with Crippen LogP contribution < -0.4 is 0 Å². The van der Waals surface area contributed by atoms with Crippen molar-refractivity contribution in [3.8, 4) is 17.9 Å². The minimum absolute atomic E-state index is 0.0192. The summed E-state index contributed by atoms with van der Waals surface area (Å²) in [6.45, 7) is 2.04. The first-order valence-corrected chi connectivity index (χ1v) is 5.82. The fourth-order valence-corrected chi connectivity index (χ4v) is 1.43. The molecular weight excluding hydrogens is 242 g/mol. The number of nitrogens with zero attached hydrogens (tertiary/aromatic N) is 1. The summed E-state index contributed by atoms with van der Waals surface area (Å²) < 4.78 is 4.74. The molecule has 19 heavy (non-hydrogen) atoms. The van der Waals surface area contributed by atoms with Gasteiger partial charge in [-0.1, -0.05) is 30.0 Å². The molecule has 0 aromatic heterocycles. The molecule has 0 bridgehead atoms. The molecule has 1 aromatic carbocycles. The van der Waals surface area contributed by atoms with Gasteiger partial charge in [-0.25, -0.2) is 0 Å². The monoisotopic (exact) mass is 255 g/mol. The molecule has 0 aliphatic heterocycles. The molecule has 0 amide bonds. The smallest absolute Gasteiger partial charge is 0.317 e. The van der Waals surface area contributed by atoms with Crippen molar-refractivity contribution in [2.75, 3.05) is 6.61 Å². The Kier molecular flexibility index (Phi) is 5.85. The number of carbonyl (C=O) groups is 2. The molecule has 0 heterocycles. The third kappa shape index (κ3) is 4.65. The summed E-state index contributed by atoms with van der Waals surface area (Å²) in [5.41, 5.74) is 0.924. The van der Waals surface area contributed by atoms with Crippen LogP contribution in [-0.4, -0.2) is 18.4 Å². The van der Waals surface area contributed by atoms with Gasteiger partial charge in [0.25, 0.3) is 0 Å². The van der Waals surface area contributed by atoms with E-state index in [2.05, 4.69) is 11.8 Å². The zero-order chi connectivity index (χ0) is 14.1. The fourth-order valence-electron chi connectivity index (χ4n) is 1.43. The van der Waals surface area contributed by atoms with Crippen LogP contribution in [0.25, 0.3) is 0 Å². The van der Waals surface area contributed by atoms with Gasteiger partial charge in [-0.2, -0.15) is 5.26 Å². The number of benzene rings is 1. The second-order valence-electron chi connectivity index (χ2n) is 3.59. The van der Waals surface area contributed by atoms with E-state index < -0.39 is 5.97 Å². The van der Waals surface area contributed by atoms with E-state index in [1.54, 1.807) is 31.2 Å². The maximum atomic E-state index is 11.7. The van der Waals surface area contributed by atoms with Gasteiger partial charge in [-0.15, -0.1) is 0 Å². The number of carbonyl (C=O) groups excluding carboxylic acids is 2. The Morgan fingerprint density at radius 3 is 2.68 bits per heavy atom. The quantitative estimate of drug-likeness (QED) is 0.469. The standard InChI is InChI=1S/C15H13NO3/c1-2-19-15(18)9-5-7-12-6-3-4-8-13(12)14(17)10-11-16/h3-4,6,8H,2,9-10H2,1H3. The van der Waals surface area contributed by atoms with Crippen LogP contribution in [0, 0.1) is 23.2 Å². The first-order chi connectivity index (χ1) is 9.19. The van der Waals surface area contributed by atoms with Gasteiger partial charge < -0.3 is 4.74 Å². The third-order valence-corrected chi connectivity index (χ3v) is 2.23. The van der Waals surface area contributed by atoms with Crippen molar-refractivity contribution in [2.24, 2.45) is 0 Å². The second-order valence-corrected chi connectivity index (χ2v) is 3.59. The van der Waals surface area contributed by atoms with Crippen LogP contribution in [0.3, 0.4) is 0 Å². The average molecular weight is 255 g/mol. The van der Waals surface area contributed by atoms with Crippen LogP contribution >= 0.6 is 0 Å². The number of Topliss-reactive ketones (excluding diaryl/α,β-unsaturated/α-hetero) is 1. The minimum Gasteiger partial charge on any atom is -0.465 e. The van der Waals surface area contributed by atoms with Crippen molar-refractivity contribution in [1.29, 1.82) is 5.26 Å². The van der Waals surface area contributed by atoms with Crippen molar-refractivity contribution in [2.45, 2.75) is 19.8 Å². The average Bonchev–Trinajstić information content (AvgIpc) is 2.40. The SMILES string of the molecule is CCOC(=O)CC#Cc1ccccc1C(=O)CC#N. The first-order valence-electron chi connectivity index (χ1n) is 5.82. The molecule has 0 unspecified atom stereocenters. The molecule has 0 saturated heterocycles. The predicted molar refractivity (Wildman–Crippen MR) is 69.1 cm³/mol. The number of ether oxygens (including phenoxy) is 1. The Morgan fingerprint density at radius 2 is 2.00 bits per heavy atom. The summed E-state index contributed by atoms with van der Waals surface area (Å²) in [6.07, 6.45) is -0.203. The van der Waals surface area contributed by atoms with Crippen LogP contribution in [0.5, 0.6) is 0 Å². The molecule has 0 fully saturated rings. The van der Waals surface area contributed by atoms with Crippen LogP contribution in [0.15, 0.2) is 24.3 Å². The van der Waals surface area contributed by atoms with Crippen LogP contribution in [-0.2, 0) is 9.53 Å². The highest BCUT2D eigenvalue weighted by Gasteiger charge is 2.08. The molecule has 0 radical (unpaired) electrons. The summed E-state index contributed by atoms with van der Waals surface area (Å²) in [4.78, 5) is 22.8. The highest BCUT2D eigenvalue weighted by Crippen LogP contribution is 2.09. The lowest BCUT2D eigenvalue weighted by Gasteiger charge is -2.00. The van der Waals surface area contributed by atoms with Gasteiger partial charge in [-0.3, -0.25) is 9.59 Å². The minimum atomic E-state index is -0.393. The highest BCUT2D eigenvalue weighted by atomic mass is 16.5. The Hall–Kier alpha value is -2.59. The molecule has 96 valence electrons. The number of rotatable bonds is 4. The van der Waals surface area contributed by atoms with Gasteiger partial charge in [-0.05, 0) is 13.0 Å². The third-order valence-electron chi connectivity index (χ3n) is 2.23. The van der Waals surface area contributed by atoms with Crippen molar-refractivity contribution in [1.82, 2.24) is 0 Å². The molecular formula is C15H13NO3. The molecule has 0 spiro atoms. The van der Waals surface area contributed by atoms with Gasteiger partial charge in [0.05, 0.1) is 19.1 Å². The number of hydrogen-bond donors (Lipinski definition) is 0. The van der Waals surface area contributed by atoms with Gasteiger partial charge in [0.15, 0.2) is 5.78 Å². The van der Waals surface area contributed by atoms with Crippen LogP contribution in [0.2, 0.25) is 0 Å². The Balaban J connectivity index is 2.85. The van der Waals surface area contributed by atoms with Crippen molar-refractivity contribution in [3.63, 3.8) is 0 Å². The van der Waals surface area contributed by atoms with Crippen molar-refractivity contribution in [3.05, 3.63) is 35.4 Å². The zero-order valence-corrected chi connectivity index (χ0v) is 10.6. The molecule has 4 heteroatoms. The molecule has 0 aliphatic rings. The van der Waals surface area contributed by atoms with Crippen molar-refractivity contribution >= 4 is 11.8 Å². The van der Waals surface area contributed by atoms with Crippen LogP contribution in [0.4, 0.5) is 0 Å². The summed E-state index contributed by atoms with van der Waals surface area (Å²) >= 11 is 0. The Bertz CT molecular complexity index is 573. The molecule has 0 saturated carbocycles. The van der Waals surface area contributed by atoms with Crippen molar-refractivity contribution < 1.29 is 14.3 Å². The second kappa shape index (κ2) is 7.68. The number of esters is 1. The Morgan fingerprint density at radius 1 is 1.26 bits per heavy atom. The lowest BCUT2D eigenvalue weighted by molar-refractivity contribution is -0.141. The summed E-state index contributed by atoms with van der Waals surface area (Å²) in [5, 5.41) is 8.53. The first kappa shape index (κ1) is 14.5. The van der Waals surface area contributed by atoms with E-state index in [1.165, 1.54) is 0 Å². The van der Waals surface area contributed by atoms with E-state index in [0.717, 1.165) is 0 Å². The van der Waals surface area contributed by atoms with Gasteiger partial charge >= 0.3 is 5.97 Å². The van der Waals surface area contributed by atoms with E-state index in [-0.39, 0.29) is 18.6 Å². The maximum absolute atomic E-state index is 11.7. The van der Waals surface area contributed by atoms with Gasteiger partial charge in [0.1, 0.15) is 6.42 Å². The molecule has 4 nitrogen and oxygen atoms in total. The summed E-state index contributed by atoms with van der Waals surface area (Å²) in [6, 6.07) is 8.57. The molecule has 0 aliphatic carbocycles. The van der Waals surface area contributed by atoms with E-state index in [4.69, 9.17) is 10.00 Å². The topological polar surface area (TPSA) is 67.2 Å². The summed E-state index contributed by atoms with van der Waals surface area (Å²) in [7, 11) is 0. The van der Waals surface area contributed by atoms with Gasteiger partial charge in [0, 0.05) is 11.1 Å². The van der Waals surface area contributed by atoms with E-state index >= 15 is 0 Å². The van der Waals surface area contributed by atoms with Gasteiger partial charge in [0.2, 0.25) is 0 Å².